The summed E-state index contributed by atoms with van der Waals surface area (Å²) in [5.41, 5.74) is 0. The average molecular weight is 281 g/mol. The third kappa shape index (κ3) is 3.25. The molecule has 1 rings (SSSR count). The van der Waals surface area contributed by atoms with Crippen molar-refractivity contribution in [1.82, 2.24) is 0 Å². The van der Waals surface area contributed by atoms with Gasteiger partial charge in [-0.05, 0) is 59.2 Å². The predicted octanol–water partition coefficient (Wildman–Crippen LogP) is 6.36. The van der Waals surface area contributed by atoms with E-state index in [1.54, 1.807) is 0 Å². The Kier molecular flexibility index (Phi) is 6.17. The Labute approximate surface area is 129 Å². The molecule has 0 N–H and O–H groups in total. The zero-order chi connectivity index (χ0) is 15.8. The largest absolute Gasteiger partial charge is 0.0625 e. The van der Waals surface area contributed by atoms with Gasteiger partial charge in [0, 0.05) is 0 Å². The zero-order valence-corrected chi connectivity index (χ0v) is 15.8. The van der Waals surface area contributed by atoms with Gasteiger partial charge in [-0.2, -0.15) is 0 Å². The molecule has 7 unspecified atom stereocenters. The molecule has 0 bridgehead atoms. The highest BCUT2D eigenvalue weighted by molar-refractivity contribution is 4.94. The molecular weight excluding hydrogens is 240 g/mol. The third-order valence-corrected chi connectivity index (χ3v) is 7.85. The molecule has 0 radical (unpaired) electrons. The first-order chi connectivity index (χ1) is 9.11. The van der Waals surface area contributed by atoms with E-state index >= 15 is 0 Å². The fourth-order valence-electron chi connectivity index (χ4n) is 4.86. The molecule has 1 saturated carbocycles. The van der Waals surface area contributed by atoms with Gasteiger partial charge in [-0.1, -0.05) is 69.2 Å². The highest BCUT2D eigenvalue weighted by Crippen LogP contribution is 2.52. The first kappa shape index (κ1) is 18.1. The molecule has 0 heteroatoms. The van der Waals surface area contributed by atoms with Crippen LogP contribution in [0.25, 0.3) is 0 Å². The van der Waals surface area contributed by atoms with Crippen LogP contribution in [-0.4, -0.2) is 0 Å². The van der Waals surface area contributed by atoms with Crippen molar-refractivity contribution in [3.8, 4) is 0 Å². The third-order valence-electron chi connectivity index (χ3n) is 7.85. The predicted molar refractivity (Wildman–Crippen MR) is 91.6 cm³/mol. The van der Waals surface area contributed by atoms with Crippen molar-refractivity contribution in [1.29, 1.82) is 0 Å². The highest BCUT2D eigenvalue weighted by atomic mass is 14.5. The van der Waals surface area contributed by atoms with E-state index in [0.717, 1.165) is 59.2 Å². The fourth-order valence-corrected chi connectivity index (χ4v) is 4.86. The molecule has 0 aromatic heterocycles. The van der Waals surface area contributed by atoms with Gasteiger partial charge in [0.25, 0.3) is 0 Å². The molecule has 1 fully saturated rings. The molecule has 0 saturated heterocycles. The second-order valence-electron chi connectivity index (χ2n) is 8.69. The Morgan fingerprint density at radius 3 is 1.30 bits per heavy atom. The van der Waals surface area contributed by atoms with E-state index in [1.807, 2.05) is 0 Å². The van der Waals surface area contributed by atoms with Crippen molar-refractivity contribution < 1.29 is 0 Å². The summed E-state index contributed by atoms with van der Waals surface area (Å²) in [7, 11) is 0. The second kappa shape index (κ2) is 6.84. The molecule has 0 nitrogen and oxygen atoms in total. The van der Waals surface area contributed by atoms with Crippen molar-refractivity contribution in [2.24, 2.45) is 59.2 Å². The second-order valence-corrected chi connectivity index (χ2v) is 8.69. The van der Waals surface area contributed by atoms with Gasteiger partial charge >= 0.3 is 0 Å². The lowest BCUT2D eigenvalue weighted by Crippen LogP contribution is -2.48. The van der Waals surface area contributed by atoms with Crippen LogP contribution < -0.4 is 0 Å². The smallest absolute Gasteiger partial charge is 0.0329 e. The van der Waals surface area contributed by atoms with Crippen LogP contribution in [0.5, 0.6) is 0 Å². The Bertz CT molecular complexity index is 282. The maximum Gasteiger partial charge on any atom is -0.0329 e. The Balaban J connectivity index is 2.67. The quantitative estimate of drug-likeness (QED) is 0.531. The van der Waals surface area contributed by atoms with Gasteiger partial charge < -0.3 is 0 Å². The van der Waals surface area contributed by atoms with Crippen molar-refractivity contribution in [2.45, 2.75) is 69.2 Å². The van der Waals surface area contributed by atoms with E-state index in [1.165, 1.54) is 0 Å². The van der Waals surface area contributed by atoms with Crippen LogP contribution in [0.2, 0.25) is 0 Å². The van der Waals surface area contributed by atoms with E-state index in [2.05, 4.69) is 69.2 Å². The summed E-state index contributed by atoms with van der Waals surface area (Å²) in [6.07, 6.45) is 0. The summed E-state index contributed by atoms with van der Waals surface area (Å²) in [6, 6.07) is 0. The van der Waals surface area contributed by atoms with E-state index in [0.29, 0.717) is 0 Å². The topological polar surface area (TPSA) is 0 Å². The van der Waals surface area contributed by atoms with Crippen LogP contribution in [-0.2, 0) is 0 Å². The SMILES string of the molecule is CC(C)C(C)C(C)C(C)C(C)C(C)C1C(C)C(C)C1C. The van der Waals surface area contributed by atoms with Gasteiger partial charge in [0.15, 0.2) is 0 Å². The molecule has 0 amide bonds. The molecule has 0 aliphatic heterocycles. The zero-order valence-electron chi connectivity index (χ0n) is 15.8. The molecule has 0 heterocycles. The minimum Gasteiger partial charge on any atom is -0.0625 e. The first-order valence-corrected chi connectivity index (χ1v) is 9.11. The molecule has 20 heavy (non-hydrogen) atoms. The van der Waals surface area contributed by atoms with E-state index in [4.69, 9.17) is 0 Å². The van der Waals surface area contributed by atoms with Crippen LogP contribution in [0.3, 0.4) is 0 Å². The normalized spacial score (nSPS) is 38.0. The molecule has 7 atom stereocenters. The summed E-state index contributed by atoms with van der Waals surface area (Å²) in [5, 5.41) is 0. The average Bonchev–Trinajstić information content (AvgIpc) is 2.43. The van der Waals surface area contributed by atoms with Gasteiger partial charge in [-0.3, -0.25) is 0 Å². The summed E-state index contributed by atoms with van der Waals surface area (Å²) >= 11 is 0. The Hall–Kier alpha value is 0. The summed E-state index contributed by atoms with van der Waals surface area (Å²) < 4.78 is 0. The lowest BCUT2D eigenvalue weighted by Gasteiger charge is -2.53. The minimum atomic E-state index is 0.802. The van der Waals surface area contributed by atoms with Gasteiger partial charge in [-0.15, -0.1) is 0 Å². The maximum atomic E-state index is 2.53. The fraction of sp³-hybridized carbons (Fsp3) is 1.00. The van der Waals surface area contributed by atoms with Gasteiger partial charge in [0.1, 0.15) is 0 Å². The molecule has 120 valence electrons. The summed E-state index contributed by atoms with van der Waals surface area (Å²) in [4.78, 5) is 0. The molecule has 0 aromatic rings. The summed E-state index contributed by atoms with van der Waals surface area (Å²) in [6.45, 7) is 24.6. The molecule has 0 aromatic carbocycles. The molecule has 1 aliphatic rings. The minimum absolute atomic E-state index is 0.802. The van der Waals surface area contributed by atoms with Gasteiger partial charge in [0.05, 0.1) is 0 Å². The molecule has 0 spiro atoms. The van der Waals surface area contributed by atoms with E-state index < -0.39 is 0 Å². The number of hydrogen-bond acceptors (Lipinski definition) is 0. The lowest BCUT2D eigenvalue weighted by molar-refractivity contribution is -0.0512. The Morgan fingerprint density at radius 2 is 0.900 bits per heavy atom. The summed E-state index contributed by atoms with van der Waals surface area (Å²) in [5.74, 6) is 8.72. The monoisotopic (exact) mass is 280 g/mol. The standard InChI is InChI=1S/C20H40/c1-11(2)12(3)13(4)14(5)15(6)17(8)20-18(9)16(7)19(20)10/h11-20H,1-10H3. The first-order valence-electron chi connectivity index (χ1n) is 9.11. The van der Waals surface area contributed by atoms with Crippen molar-refractivity contribution >= 4 is 0 Å². The Morgan fingerprint density at radius 1 is 0.500 bits per heavy atom. The van der Waals surface area contributed by atoms with Gasteiger partial charge in [-0.25, -0.2) is 0 Å². The number of hydrogen-bond donors (Lipinski definition) is 0. The van der Waals surface area contributed by atoms with Crippen LogP contribution >= 0.6 is 0 Å². The van der Waals surface area contributed by atoms with Crippen LogP contribution in [0.4, 0.5) is 0 Å². The van der Waals surface area contributed by atoms with Crippen LogP contribution in [0.15, 0.2) is 0 Å². The van der Waals surface area contributed by atoms with Gasteiger partial charge in [0.2, 0.25) is 0 Å². The van der Waals surface area contributed by atoms with Crippen LogP contribution in [0.1, 0.15) is 69.2 Å². The number of rotatable bonds is 6. The van der Waals surface area contributed by atoms with Crippen molar-refractivity contribution in [3.63, 3.8) is 0 Å². The van der Waals surface area contributed by atoms with Crippen molar-refractivity contribution in [3.05, 3.63) is 0 Å². The van der Waals surface area contributed by atoms with E-state index in [-0.39, 0.29) is 0 Å². The van der Waals surface area contributed by atoms with Crippen LogP contribution in [0, 0.1) is 59.2 Å². The highest BCUT2D eigenvalue weighted by Gasteiger charge is 2.46. The molecular formula is C20H40. The molecule has 1 aliphatic carbocycles. The lowest BCUT2D eigenvalue weighted by atomic mass is 9.52. The maximum absolute atomic E-state index is 2.53. The van der Waals surface area contributed by atoms with E-state index in [9.17, 15) is 0 Å². The van der Waals surface area contributed by atoms with Crippen molar-refractivity contribution in [2.75, 3.05) is 0 Å².